The number of hydrogen-bond acceptors (Lipinski definition) is 4. The Hall–Kier alpha value is -3.41. The van der Waals surface area contributed by atoms with Gasteiger partial charge in [0.2, 0.25) is 0 Å². The molecule has 1 heterocycles. The standard InChI is InChI=1S/C22H24N2O4/c1-14-10-21(15(2)24(14)17-6-8-18(26-3)9-7-17)22(25)23-16-11-19(27-4)13-20(12-16)28-5/h6-13H,1-5H3,(H,23,25). The van der Waals surface area contributed by atoms with E-state index in [1.165, 1.54) is 0 Å². The highest BCUT2D eigenvalue weighted by Gasteiger charge is 2.17. The second-order valence-corrected chi connectivity index (χ2v) is 6.37. The molecule has 28 heavy (non-hydrogen) atoms. The van der Waals surface area contributed by atoms with E-state index < -0.39 is 0 Å². The monoisotopic (exact) mass is 380 g/mol. The lowest BCUT2D eigenvalue weighted by atomic mass is 10.2. The van der Waals surface area contributed by atoms with Crippen LogP contribution in [0.1, 0.15) is 21.7 Å². The summed E-state index contributed by atoms with van der Waals surface area (Å²) in [5.74, 6) is 1.82. The zero-order valence-electron chi connectivity index (χ0n) is 16.7. The van der Waals surface area contributed by atoms with Gasteiger partial charge in [-0.1, -0.05) is 0 Å². The number of aryl methyl sites for hydroxylation is 1. The lowest BCUT2D eigenvalue weighted by Gasteiger charge is -2.12. The Balaban J connectivity index is 1.91. The Labute approximate surface area is 164 Å². The minimum Gasteiger partial charge on any atom is -0.497 e. The van der Waals surface area contributed by atoms with Gasteiger partial charge in [0.05, 0.1) is 26.9 Å². The minimum absolute atomic E-state index is 0.192. The molecule has 2 aromatic carbocycles. The fourth-order valence-corrected chi connectivity index (χ4v) is 3.20. The molecule has 1 N–H and O–H groups in total. The average Bonchev–Trinajstić information content (AvgIpc) is 3.01. The molecule has 0 radical (unpaired) electrons. The van der Waals surface area contributed by atoms with Crippen molar-refractivity contribution in [2.75, 3.05) is 26.6 Å². The Morgan fingerprint density at radius 1 is 0.821 bits per heavy atom. The summed E-state index contributed by atoms with van der Waals surface area (Å²) in [4.78, 5) is 12.9. The van der Waals surface area contributed by atoms with Gasteiger partial charge in [-0.05, 0) is 44.2 Å². The highest BCUT2D eigenvalue weighted by Crippen LogP contribution is 2.27. The van der Waals surface area contributed by atoms with Crippen LogP contribution in [0.3, 0.4) is 0 Å². The number of amides is 1. The van der Waals surface area contributed by atoms with Crippen LogP contribution in [0.5, 0.6) is 17.2 Å². The molecule has 1 aromatic heterocycles. The first-order valence-electron chi connectivity index (χ1n) is 8.84. The predicted octanol–water partition coefficient (Wildman–Crippen LogP) is 4.37. The number of hydrogen-bond donors (Lipinski definition) is 1. The maximum Gasteiger partial charge on any atom is 0.257 e. The Kier molecular flexibility index (Phi) is 5.59. The maximum atomic E-state index is 12.9. The summed E-state index contributed by atoms with van der Waals surface area (Å²) < 4.78 is 17.8. The molecule has 0 atom stereocenters. The molecule has 0 saturated carbocycles. The molecule has 0 spiro atoms. The number of rotatable bonds is 6. The van der Waals surface area contributed by atoms with Gasteiger partial charge in [0.25, 0.3) is 5.91 Å². The molecule has 3 aromatic rings. The number of ether oxygens (including phenoxy) is 3. The molecule has 0 aliphatic rings. The van der Waals surface area contributed by atoms with Crippen LogP contribution in [0.15, 0.2) is 48.5 Å². The Morgan fingerprint density at radius 3 is 1.93 bits per heavy atom. The van der Waals surface area contributed by atoms with Gasteiger partial charge in [-0.25, -0.2) is 0 Å². The first kappa shape index (κ1) is 19.4. The second-order valence-electron chi connectivity index (χ2n) is 6.37. The lowest BCUT2D eigenvalue weighted by Crippen LogP contribution is -2.13. The van der Waals surface area contributed by atoms with Crippen molar-refractivity contribution in [1.29, 1.82) is 0 Å². The van der Waals surface area contributed by atoms with E-state index in [4.69, 9.17) is 14.2 Å². The summed E-state index contributed by atoms with van der Waals surface area (Å²) in [5, 5.41) is 2.93. The number of carbonyl (C=O) groups is 1. The Morgan fingerprint density at radius 2 is 1.39 bits per heavy atom. The molecule has 6 nitrogen and oxygen atoms in total. The number of carbonyl (C=O) groups excluding carboxylic acids is 1. The lowest BCUT2D eigenvalue weighted by molar-refractivity contribution is 0.102. The van der Waals surface area contributed by atoms with Gasteiger partial charge in [-0.3, -0.25) is 4.79 Å². The van der Waals surface area contributed by atoms with Gasteiger partial charge in [-0.2, -0.15) is 0 Å². The van der Waals surface area contributed by atoms with Crippen molar-refractivity contribution >= 4 is 11.6 Å². The van der Waals surface area contributed by atoms with Gasteiger partial charge >= 0.3 is 0 Å². The quantitative estimate of drug-likeness (QED) is 0.690. The molecule has 0 fully saturated rings. The number of anilines is 1. The number of methoxy groups -OCH3 is 3. The zero-order chi connectivity index (χ0) is 20.3. The van der Waals surface area contributed by atoms with Crippen LogP contribution >= 0.6 is 0 Å². The normalized spacial score (nSPS) is 10.5. The highest BCUT2D eigenvalue weighted by atomic mass is 16.5. The van der Waals surface area contributed by atoms with E-state index in [2.05, 4.69) is 5.32 Å². The topological polar surface area (TPSA) is 61.7 Å². The van der Waals surface area contributed by atoms with Crippen molar-refractivity contribution in [2.45, 2.75) is 13.8 Å². The van der Waals surface area contributed by atoms with E-state index in [0.717, 1.165) is 22.8 Å². The third-order valence-electron chi connectivity index (χ3n) is 4.62. The molecule has 0 bridgehead atoms. The number of nitrogens with one attached hydrogen (secondary N) is 1. The molecule has 0 aliphatic heterocycles. The van der Waals surface area contributed by atoms with E-state index in [0.29, 0.717) is 22.7 Å². The summed E-state index contributed by atoms with van der Waals surface area (Å²) in [6.45, 7) is 3.90. The number of benzene rings is 2. The van der Waals surface area contributed by atoms with E-state index in [1.807, 2.05) is 48.7 Å². The summed E-state index contributed by atoms with van der Waals surface area (Å²) in [5.41, 5.74) is 4.01. The SMILES string of the molecule is COc1ccc(-n2c(C)cc(C(=O)Nc3cc(OC)cc(OC)c3)c2C)cc1. The van der Waals surface area contributed by atoms with Crippen LogP contribution in [-0.2, 0) is 0 Å². The molecule has 6 heteroatoms. The first-order valence-corrected chi connectivity index (χ1v) is 8.84. The van der Waals surface area contributed by atoms with Crippen molar-refractivity contribution in [3.63, 3.8) is 0 Å². The fourth-order valence-electron chi connectivity index (χ4n) is 3.20. The van der Waals surface area contributed by atoms with Gasteiger partial charge in [-0.15, -0.1) is 0 Å². The summed E-state index contributed by atoms with van der Waals surface area (Å²) >= 11 is 0. The molecular formula is C22H24N2O4. The van der Waals surface area contributed by atoms with Crippen molar-refractivity contribution < 1.29 is 19.0 Å². The number of nitrogens with zero attached hydrogens (tertiary/aromatic N) is 1. The van der Waals surface area contributed by atoms with Crippen molar-refractivity contribution in [3.05, 3.63) is 65.5 Å². The van der Waals surface area contributed by atoms with E-state index in [1.54, 1.807) is 39.5 Å². The summed E-state index contributed by atoms with van der Waals surface area (Å²) in [6, 6.07) is 14.9. The smallest absolute Gasteiger partial charge is 0.257 e. The summed E-state index contributed by atoms with van der Waals surface area (Å²) in [7, 11) is 4.78. The third kappa shape index (κ3) is 3.81. The van der Waals surface area contributed by atoms with Gasteiger partial charge < -0.3 is 24.1 Å². The molecular weight excluding hydrogens is 356 g/mol. The third-order valence-corrected chi connectivity index (χ3v) is 4.62. The first-order chi connectivity index (χ1) is 13.5. The van der Waals surface area contributed by atoms with Crippen LogP contribution in [0.25, 0.3) is 5.69 Å². The van der Waals surface area contributed by atoms with Crippen molar-refractivity contribution in [3.8, 4) is 22.9 Å². The Bertz CT molecular complexity index is 968. The van der Waals surface area contributed by atoms with E-state index in [9.17, 15) is 4.79 Å². The second kappa shape index (κ2) is 8.08. The number of aromatic nitrogens is 1. The molecule has 3 rings (SSSR count). The van der Waals surface area contributed by atoms with Gasteiger partial charge in [0, 0.05) is 41.0 Å². The maximum absolute atomic E-state index is 12.9. The van der Waals surface area contributed by atoms with Crippen LogP contribution < -0.4 is 19.5 Å². The zero-order valence-corrected chi connectivity index (χ0v) is 16.7. The van der Waals surface area contributed by atoms with Crippen LogP contribution in [-0.4, -0.2) is 31.8 Å². The molecule has 146 valence electrons. The molecule has 0 unspecified atom stereocenters. The van der Waals surface area contributed by atoms with Gasteiger partial charge in [0.1, 0.15) is 17.2 Å². The largest absolute Gasteiger partial charge is 0.497 e. The van der Waals surface area contributed by atoms with E-state index in [-0.39, 0.29) is 5.91 Å². The van der Waals surface area contributed by atoms with Crippen molar-refractivity contribution in [1.82, 2.24) is 4.57 Å². The van der Waals surface area contributed by atoms with Gasteiger partial charge in [0.15, 0.2) is 0 Å². The summed E-state index contributed by atoms with van der Waals surface area (Å²) in [6.07, 6.45) is 0. The predicted molar refractivity (Wildman–Crippen MR) is 109 cm³/mol. The molecule has 0 aliphatic carbocycles. The van der Waals surface area contributed by atoms with Crippen molar-refractivity contribution in [2.24, 2.45) is 0 Å². The van der Waals surface area contributed by atoms with Crippen LogP contribution in [0, 0.1) is 13.8 Å². The van der Waals surface area contributed by atoms with Crippen LogP contribution in [0.2, 0.25) is 0 Å². The highest BCUT2D eigenvalue weighted by molar-refractivity contribution is 6.05. The van der Waals surface area contributed by atoms with Crippen LogP contribution in [0.4, 0.5) is 5.69 Å². The fraction of sp³-hybridized carbons (Fsp3) is 0.227. The molecule has 0 saturated heterocycles. The van der Waals surface area contributed by atoms with E-state index >= 15 is 0 Å². The minimum atomic E-state index is -0.192. The molecule has 1 amide bonds. The average molecular weight is 380 g/mol.